The highest BCUT2D eigenvalue weighted by Crippen LogP contribution is 2.29. The number of rotatable bonds is 6. The Morgan fingerprint density at radius 2 is 1.73 bits per heavy atom. The monoisotopic (exact) mass is 391 g/mol. The zero-order valence-corrected chi connectivity index (χ0v) is 14.9. The van der Waals surface area contributed by atoms with E-state index in [9.17, 15) is 21.6 Å². The van der Waals surface area contributed by atoms with Crippen molar-refractivity contribution in [1.82, 2.24) is 19.7 Å². The van der Waals surface area contributed by atoms with Crippen molar-refractivity contribution in [2.45, 2.75) is 17.6 Å². The molecular formula is C14H16F3N5O3S. The number of aromatic nitrogens is 3. The van der Waals surface area contributed by atoms with Gasteiger partial charge < -0.3 is 9.64 Å². The highest BCUT2D eigenvalue weighted by atomic mass is 32.2. The van der Waals surface area contributed by atoms with Gasteiger partial charge in [0.05, 0.1) is 24.1 Å². The van der Waals surface area contributed by atoms with Crippen molar-refractivity contribution in [3.8, 4) is 6.01 Å². The first kappa shape index (κ1) is 19.8. The lowest BCUT2D eigenvalue weighted by atomic mass is 10.2. The number of sulfonamides is 1. The first-order valence-electron chi connectivity index (χ1n) is 7.16. The summed E-state index contributed by atoms with van der Waals surface area (Å²) in [5.41, 5.74) is -0.936. The van der Waals surface area contributed by atoms with Crippen molar-refractivity contribution in [2.75, 3.05) is 26.1 Å². The van der Waals surface area contributed by atoms with Crippen molar-refractivity contribution >= 4 is 16.0 Å². The second kappa shape index (κ2) is 7.41. The SMILES string of the molecule is COc1nc(CNS(=O)(=O)c2ccc(C(F)(F)F)cc2)nc(N(C)C)n1. The maximum atomic E-state index is 12.6. The number of alkyl halides is 3. The molecule has 0 aliphatic carbocycles. The molecule has 0 unspecified atom stereocenters. The molecule has 12 heteroatoms. The number of hydrogen-bond donors (Lipinski definition) is 1. The summed E-state index contributed by atoms with van der Waals surface area (Å²) in [5.74, 6) is 0.358. The molecule has 2 rings (SSSR count). The summed E-state index contributed by atoms with van der Waals surface area (Å²) in [6.07, 6.45) is -4.54. The van der Waals surface area contributed by atoms with Gasteiger partial charge in [-0.05, 0) is 24.3 Å². The van der Waals surface area contributed by atoms with Crippen molar-refractivity contribution in [2.24, 2.45) is 0 Å². The highest BCUT2D eigenvalue weighted by Gasteiger charge is 2.30. The Labute approximate surface area is 148 Å². The van der Waals surface area contributed by atoms with E-state index >= 15 is 0 Å². The zero-order chi connectivity index (χ0) is 19.5. The Balaban J connectivity index is 2.19. The van der Waals surface area contributed by atoms with E-state index in [2.05, 4.69) is 19.7 Å². The summed E-state index contributed by atoms with van der Waals surface area (Å²) in [4.78, 5) is 13.3. The van der Waals surface area contributed by atoms with E-state index in [1.165, 1.54) is 7.11 Å². The Morgan fingerprint density at radius 3 is 2.23 bits per heavy atom. The summed E-state index contributed by atoms with van der Waals surface area (Å²) in [5, 5.41) is 0. The van der Waals surface area contributed by atoms with E-state index in [1.807, 2.05) is 0 Å². The van der Waals surface area contributed by atoms with Crippen LogP contribution in [0, 0.1) is 0 Å². The zero-order valence-electron chi connectivity index (χ0n) is 14.1. The van der Waals surface area contributed by atoms with E-state index in [4.69, 9.17) is 4.74 Å². The number of ether oxygens (including phenoxy) is 1. The molecule has 0 aliphatic rings. The van der Waals surface area contributed by atoms with Gasteiger partial charge in [-0.15, -0.1) is 0 Å². The normalized spacial score (nSPS) is 12.1. The summed E-state index contributed by atoms with van der Waals surface area (Å²) >= 11 is 0. The molecule has 0 fully saturated rings. The van der Waals surface area contributed by atoms with Gasteiger partial charge in [-0.3, -0.25) is 0 Å². The van der Waals surface area contributed by atoms with Gasteiger partial charge in [0.25, 0.3) is 0 Å². The molecule has 0 atom stereocenters. The number of halogens is 3. The molecule has 0 aliphatic heterocycles. The smallest absolute Gasteiger partial charge is 0.416 e. The van der Waals surface area contributed by atoms with E-state index < -0.39 is 21.8 Å². The molecule has 8 nitrogen and oxygen atoms in total. The van der Waals surface area contributed by atoms with E-state index in [0.29, 0.717) is 12.1 Å². The average Bonchev–Trinajstić information content (AvgIpc) is 2.59. The first-order valence-corrected chi connectivity index (χ1v) is 8.64. The molecule has 1 aromatic heterocycles. The highest BCUT2D eigenvalue weighted by molar-refractivity contribution is 7.89. The Bertz CT molecular complexity index is 870. The molecule has 1 aromatic carbocycles. The fourth-order valence-electron chi connectivity index (χ4n) is 1.82. The van der Waals surface area contributed by atoms with Crippen LogP contribution in [0.4, 0.5) is 19.1 Å². The fourth-order valence-corrected chi connectivity index (χ4v) is 2.80. The minimum absolute atomic E-state index is 0.00688. The predicted molar refractivity (Wildman–Crippen MR) is 86.2 cm³/mol. The van der Waals surface area contributed by atoms with Crippen LogP contribution in [0.2, 0.25) is 0 Å². The minimum atomic E-state index is -4.54. The summed E-state index contributed by atoms with van der Waals surface area (Å²) in [6, 6.07) is 3.16. The number of hydrogen-bond acceptors (Lipinski definition) is 7. The molecule has 0 bridgehead atoms. The fraction of sp³-hybridized carbons (Fsp3) is 0.357. The first-order chi connectivity index (χ1) is 12.0. The predicted octanol–water partition coefficient (Wildman–Crippen LogP) is 1.44. The van der Waals surface area contributed by atoms with Gasteiger partial charge in [0.1, 0.15) is 0 Å². The van der Waals surface area contributed by atoms with Crippen LogP contribution in [0.15, 0.2) is 29.2 Å². The average molecular weight is 391 g/mol. The number of benzene rings is 1. The molecule has 0 radical (unpaired) electrons. The molecule has 0 spiro atoms. The third kappa shape index (κ3) is 4.79. The maximum absolute atomic E-state index is 12.6. The maximum Gasteiger partial charge on any atom is 0.416 e. The number of nitrogens with one attached hydrogen (secondary N) is 1. The lowest BCUT2D eigenvalue weighted by Crippen LogP contribution is -2.25. The van der Waals surface area contributed by atoms with Crippen LogP contribution < -0.4 is 14.4 Å². The molecular weight excluding hydrogens is 375 g/mol. The molecule has 26 heavy (non-hydrogen) atoms. The molecule has 1 heterocycles. The minimum Gasteiger partial charge on any atom is -0.467 e. The Hall–Kier alpha value is -2.47. The molecule has 0 saturated heterocycles. The van der Waals surface area contributed by atoms with E-state index in [1.54, 1.807) is 19.0 Å². The topological polar surface area (TPSA) is 97.3 Å². The molecule has 0 saturated carbocycles. The number of methoxy groups -OCH3 is 1. The van der Waals surface area contributed by atoms with Gasteiger partial charge in [0.15, 0.2) is 5.82 Å². The van der Waals surface area contributed by atoms with Gasteiger partial charge in [-0.1, -0.05) is 0 Å². The van der Waals surface area contributed by atoms with Crippen LogP contribution >= 0.6 is 0 Å². The van der Waals surface area contributed by atoms with E-state index in [-0.39, 0.29) is 29.2 Å². The van der Waals surface area contributed by atoms with Crippen molar-refractivity contribution < 1.29 is 26.3 Å². The third-order valence-corrected chi connectivity index (χ3v) is 4.56. The van der Waals surface area contributed by atoms with Crippen LogP contribution in [0.5, 0.6) is 6.01 Å². The molecule has 0 amide bonds. The van der Waals surface area contributed by atoms with Crippen molar-refractivity contribution in [3.63, 3.8) is 0 Å². The van der Waals surface area contributed by atoms with Crippen LogP contribution in [0.1, 0.15) is 11.4 Å². The third-order valence-electron chi connectivity index (χ3n) is 3.14. The summed E-state index contributed by atoms with van der Waals surface area (Å²) in [6.45, 7) is -0.289. The Morgan fingerprint density at radius 1 is 1.12 bits per heavy atom. The van der Waals surface area contributed by atoms with Crippen LogP contribution in [-0.4, -0.2) is 44.6 Å². The number of nitrogens with zero attached hydrogens (tertiary/aromatic N) is 4. The van der Waals surface area contributed by atoms with Gasteiger partial charge in [-0.2, -0.15) is 28.1 Å². The van der Waals surface area contributed by atoms with Gasteiger partial charge in [0.2, 0.25) is 16.0 Å². The summed E-state index contributed by atoms with van der Waals surface area (Å²) < 4.78 is 69.3. The molecule has 2 aromatic rings. The Kier molecular flexibility index (Phi) is 5.66. The van der Waals surface area contributed by atoms with Gasteiger partial charge >= 0.3 is 12.2 Å². The number of anilines is 1. The van der Waals surface area contributed by atoms with E-state index in [0.717, 1.165) is 12.1 Å². The summed E-state index contributed by atoms with van der Waals surface area (Å²) in [7, 11) is 0.677. The molecule has 1 N–H and O–H groups in total. The standard InChI is InChI=1S/C14H16F3N5O3S/c1-22(2)12-19-11(20-13(21-12)25-3)8-18-26(23,24)10-6-4-9(5-7-10)14(15,16)17/h4-7,18H,8H2,1-3H3. The lowest BCUT2D eigenvalue weighted by Gasteiger charge is -2.12. The quantitative estimate of drug-likeness (QED) is 0.796. The largest absolute Gasteiger partial charge is 0.467 e. The van der Waals surface area contributed by atoms with Crippen LogP contribution in [-0.2, 0) is 22.7 Å². The van der Waals surface area contributed by atoms with Gasteiger partial charge in [-0.25, -0.2) is 13.1 Å². The van der Waals surface area contributed by atoms with Crippen LogP contribution in [0.25, 0.3) is 0 Å². The molecule has 142 valence electrons. The lowest BCUT2D eigenvalue weighted by molar-refractivity contribution is -0.137. The van der Waals surface area contributed by atoms with Crippen molar-refractivity contribution in [1.29, 1.82) is 0 Å². The van der Waals surface area contributed by atoms with Crippen LogP contribution in [0.3, 0.4) is 0 Å². The second-order valence-electron chi connectivity index (χ2n) is 5.28. The van der Waals surface area contributed by atoms with Gasteiger partial charge in [0, 0.05) is 14.1 Å². The second-order valence-corrected chi connectivity index (χ2v) is 7.05. The van der Waals surface area contributed by atoms with Crippen molar-refractivity contribution in [3.05, 3.63) is 35.7 Å².